The van der Waals surface area contributed by atoms with Gasteiger partial charge in [-0.1, -0.05) is 0 Å². The molecule has 0 atom stereocenters. The van der Waals surface area contributed by atoms with Gasteiger partial charge in [-0.2, -0.15) is 0 Å². The number of nitrogens with zero attached hydrogens (tertiary/aromatic N) is 1. The molecule has 0 spiro atoms. The lowest BCUT2D eigenvalue weighted by molar-refractivity contribution is 0.101. The van der Waals surface area contributed by atoms with Gasteiger partial charge >= 0.3 is 0 Å². The largest absolute Gasteiger partial charge is 0.495 e. The molecule has 106 valence electrons. The number of aromatic nitrogens is 2. The van der Waals surface area contributed by atoms with Crippen molar-refractivity contribution in [1.29, 1.82) is 0 Å². The van der Waals surface area contributed by atoms with Crippen molar-refractivity contribution in [2.45, 2.75) is 6.92 Å². The maximum absolute atomic E-state index is 11.4. The standard InChI is InChI=1S/C16H15N3O2/c1-9(20)10-4-6-13-14(7-10)19-16(18-13)11-3-5-12(17)15(8-11)21-2/h3-8H,17H2,1-2H3,(H,18,19). The third-order valence-electron chi connectivity index (χ3n) is 3.40. The van der Waals surface area contributed by atoms with Gasteiger partial charge in [0.2, 0.25) is 0 Å². The van der Waals surface area contributed by atoms with Crippen LogP contribution in [0.3, 0.4) is 0 Å². The normalized spacial score (nSPS) is 10.8. The van der Waals surface area contributed by atoms with Crippen LogP contribution < -0.4 is 10.5 Å². The molecule has 0 aliphatic rings. The highest BCUT2D eigenvalue weighted by Gasteiger charge is 2.09. The first-order chi connectivity index (χ1) is 10.1. The number of methoxy groups -OCH3 is 1. The molecule has 0 saturated carbocycles. The predicted octanol–water partition coefficient (Wildman–Crippen LogP) is 3.02. The lowest BCUT2D eigenvalue weighted by atomic mass is 10.1. The Morgan fingerprint density at radius 1 is 1.24 bits per heavy atom. The highest BCUT2D eigenvalue weighted by atomic mass is 16.5. The Hall–Kier alpha value is -2.82. The number of imidazole rings is 1. The van der Waals surface area contributed by atoms with Gasteiger partial charge in [0.15, 0.2) is 5.78 Å². The Bertz CT molecular complexity index is 837. The molecule has 21 heavy (non-hydrogen) atoms. The summed E-state index contributed by atoms with van der Waals surface area (Å²) in [5.74, 6) is 1.34. The lowest BCUT2D eigenvalue weighted by Crippen LogP contribution is -1.92. The number of nitrogen functional groups attached to an aromatic ring is 1. The SMILES string of the molecule is COc1cc(-c2nc3cc(C(C)=O)ccc3[nH]2)ccc1N. The molecule has 1 aromatic heterocycles. The minimum atomic E-state index is 0.0237. The molecule has 1 heterocycles. The molecule has 0 unspecified atom stereocenters. The summed E-state index contributed by atoms with van der Waals surface area (Å²) in [6.45, 7) is 1.54. The summed E-state index contributed by atoms with van der Waals surface area (Å²) in [7, 11) is 1.58. The van der Waals surface area contributed by atoms with Crippen molar-refractivity contribution >= 4 is 22.5 Å². The van der Waals surface area contributed by atoms with Crippen LogP contribution in [0.1, 0.15) is 17.3 Å². The topological polar surface area (TPSA) is 81.0 Å². The summed E-state index contributed by atoms with van der Waals surface area (Å²) < 4.78 is 5.22. The van der Waals surface area contributed by atoms with E-state index in [9.17, 15) is 4.79 Å². The van der Waals surface area contributed by atoms with Crippen LogP contribution in [-0.4, -0.2) is 22.9 Å². The van der Waals surface area contributed by atoms with Gasteiger partial charge in [-0.25, -0.2) is 4.98 Å². The number of H-pyrrole nitrogens is 1. The predicted molar refractivity (Wildman–Crippen MR) is 82.5 cm³/mol. The summed E-state index contributed by atoms with van der Waals surface area (Å²) in [4.78, 5) is 19.2. The molecule has 5 heteroatoms. The molecule has 0 bridgehead atoms. The van der Waals surface area contributed by atoms with E-state index in [-0.39, 0.29) is 5.78 Å². The van der Waals surface area contributed by atoms with Crippen LogP contribution in [0.15, 0.2) is 36.4 Å². The van der Waals surface area contributed by atoms with Crippen molar-refractivity contribution < 1.29 is 9.53 Å². The second kappa shape index (κ2) is 4.94. The molecule has 0 aliphatic heterocycles. The van der Waals surface area contributed by atoms with E-state index in [0.717, 1.165) is 16.6 Å². The van der Waals surface area contributed by atoms with E-state index in [0.29, 0.717) is 22.8 Å². The number of carbonyl (C=O) groups is 1. The van der Waals surface area contributed by atoms with Gasteiger partial charge < -0.3 is 15.5 Å². The monoisotopic (exact) mass is 281 g/mol. The van der Waals surface area contributed by atoms with E-state index in [1.165, 1.54) is 0 Å². The van der Waals surface area contributed by atoms with Crippen LogP contribution in [0, 0.1) is 0 Å². The zero-order valence-electron chi connectivity index (χ0n) is 11.8. The average molecular weight is 281 g/mol. The summed E-state index contributed by atoms with van der Waals surface area (Å²) in [5, 5.41) is 0. The third kappa shape index (κ3) is 2.33. The second-order valence-corrected chi connectivity index (χ2v) is 4.83. The van der Waals surface area contributed by atoms with Crippen LogP contribution in [0.2, 0.25) is 0 Å². The maximum Gasteiger partial charge on any atom is 0.159 e. The van der Waals surface area contributed by atoms with Gasteiger partial charge in [0, 0.05) is 11.1 Å². The first-order valence-electron chi connectivity index (χ1n) is 6.53. The van der Waals surface area contributed by atoms with E-state index >= 15 is 0 Å². The molecule has 3 N–H and O–H groups in total. The number of rotatable bonds is 3. The fourth-order valence-corrected chi connectivity index (χ4v) is 2.22. The van der Waals surface area contributed by atoms with Crippen molar-refractivity contribution in [3.05, 3.63) is 42.0 Å². The molecule has 3 aromatic rings. The minimum absolute atomic E-state index is 0.0237. The van der Waals surface area contributed by atoms with E-state index in [4.69, 9.17) is 10.5 Å². The number of benzene rings is 2. The highest BCUT2D eigenvalue weighted by Crippen LogP contribution is 2.28. The van der Waals surface area contributed by atoms with E-state index in [1.54, 1.807) is 32.2 Å². The number of nitrogens with one attached hydrogen (secondary N) is 1. The Labute approximate surface area is 121 Å². The Balaban J connectivity index is 2.10. The number of ketones is 1. The van der Waals surface area contributed by atoms with Gasteiger partial charge in [0.05, 0.1) is 23.8 Å². The van der Waals surface area contributed by atoms with Gasteiger partial charge in [0.25, 0.3) is 0 Å². The van der Waals surface area contributed by atoms with Crippen molar-refractivity contribution in [2.24, 2.45) is 0 Å². The Morgan fingerprint density at radius 3 is 2.76 bits per heavy atom. The van der Waals surface area contributed by atoms with Gasteiger partial charge in [-0.15, -0.1) is 0 Å². The first-order valence-corrected chi connectivity index (χ1v) is 6.53. The van der Waals surface area contributed by atoms with Crippen LogP contribution in [0.4, 0.5) is 5.69 Å². The van der Waals surface area contributed by atoms with E-state index in [1.807, 2.05) is 18.2 Å². The number of fused-ring (bicyclic) bond motifs is 1. The van der Waals surface area contributed by atoms with Crippen LogP contribution in [-0.2, 0) is 0 Å². The molecule has 0 amide bonds. The average Bonchev–Trinajstić information content (AvgIpc) is 2.90. The van der Waals surface area contributed by atoms with Crippen molar-refractivity contribution in [3.8, 4) is 17.1 Å². The van der Waals surface area contributed by atoms with Gasteiger partial charge in [-0.05, 0) is 43.3 Å². The molecule has 5 nitrogen and oxygen atoms in total. The first kappa shape index (κ1) is 13.2. The fourth-order valence-electron chi connectivity index (χ4n) is 2.22. The molecule has 0 saturated heterocycles. The smallest absolute Gasteiger partial charge is 0.159 e. The number of nitrogens with two attached hydrogens (primary N) is 1. The zero-order valence-corrected chi connectivity index (χ0v) is 11.8. The van der Waals surface area contributed by atoms with E-state index < -0.39 is 0 Å². The number of carbonyl (C=O) groups excluding carboxylic acids is 1. The molecule has 2 aromatic carbocycles. The summed E-state index contributed by atoms with van der Waals surface area (Å²) in [6.07, 6.45) is 0. The summed E-state index contributed by atoms with van der Waals surface area (Å²) in [5.41, 5.74) is 9.56. The second-order valence-electron chi connectivity index (χ2n) is 4.83. The van der Waals surface area contributed by atoms with E-state index in [2.05, 4.69) is 9.97 Å². The summed E-state index contributed by atoms with van der Waals surface area (Å²) >= 11 is 0. The summed E-state index contributed by atoms with van der Waals surface area (Å²) in [6, 6.07) is 10.9. The minimum Gasteiger partial charge on any atom is -0.495 e. The van der Waals surface area contributed by atoms with Gasteiger partial charge in [0.1, 0.15) is 11.6 Å². The molecule has 3 rings (SSSR count). The number of Topliss-reactive ketones (excluding diaryl/α,β-unsaturated/α-hetero) is 1. The maximum atomic E-state index is 11.4. The number of ether oxygens (including phenoxy) is 1. The fraction of sp³-hybridized carbons (Fsp3) is 0.125. The van der Waals surface area contributed by atoms with Crippen LogP contribution >= 0.6 is 0 Å². The molecular formula is C16H15N3O2. The number of anilines is 1. The Morgan fingerprint density at radius 2 is 2.05 bits per heavy atom. The molecule has 0 aliphatic carbocycles. The van der Waals surface area contributed by atoms with Crippen molar-refractivity contribution in [2.75, 3.05) is 12.8 Å². The Kier molecular flexibility index (Phi) is 3.10. The molecule has 0 fully saturated rings. The van der Waals surface area contributed by atoms with Crippen molar-refractivity contribution in [1.82, 2.24) is 9.97 Å². The quantitative estimate of drug-likeness (QED) is 0.571. The van der Waals surface area contributed by atoms with Crippen molar-refractivity contribution in [3.63, 3.8) is 0 Å². The number of aromatic amines is 1. The number of hydrogen-bond acceptors (Lipinski definition) is 4. The zero-order chi connectivity index (χ0) is 15.0. The highest BCUT2D eigenvalue weighted by molar-refractivity contribution is 5.97. The third-order valence-corrected chi connectivity index (χ3v) is 3.40. The molecule has 0 radical (unpaired) electrons. The molecular weight excluding hydrogens is 266 g/mol. The number of hydrogen-bond donors (Lipinski definition) is 2. The van der Waals surface area contributed by atoms with Crippen LogP contribution in [0.5, 0.6) is 5.75 Å². The van der Waals surface area contributed by atoms with Gasteiger partial charge in [-0.3, -0.25) is 4.79 Å². The van der Waals surface area contributed by atoms with Crippen LogP contribution in [0.25, 0.3) is 22.4 Å². The lowest BCUT2D eigenvalue weighted by Gasteiger charge is -2.05.